The van der Waals surface area contributed by atoms with E-state index in [1.165, 1.54) is 9.80 Å². The largest absolute Gasteiger partial charge is 0.492 e. The van der Waals surface area contributed by atoms with Crippen LogP contribution in [0.5, 0.6) is 11.5 Å². The third kappa shape index (κ3) is 26.5. The first-order valence-corrected chi connectivity index (χ1v) is 18.1. The maximum absolute atomic E-state index is 12.4. The molecule has 0 atom stereocenters. The average Bonchev–Trinajstić information content (AvgIpc) is 2.98. The molecule has 2 rings (SSSR count). The smallest absolute Gasteiger partial charge is 0.324 e. The molecule has 270 valence electrons. The van der Waals surface area contributed by atoms with Crippen molar-refractivity contribution in [2.75, 3.05) is 51.9 Å². The summed E-state index contributed by atoms with van der Waals surface area (Å²) in [5, 5.41) is 20.8. The van der Waals surface area contributed by atoms with Crippen LogP contribution < -0.4 is 31.6 Å². The van der Waals surface area contributed by atoms with Crippen LogP contribution in [0.3, 0.4) is 0 Å². The number of nitrogens with zero attached hydrogens (tertiary/aromatic N) is 2. The zero-order valence-electron chi connectivity index (χ0n) is 26.9. The van der Waals surface area contributed by atoms with Crippen molar-refractivity contribution in [3.05, 3.63) is 60.7 Å². The molecule has 0 aliphatic carbocycles. The van der Waals surface area contributed by atoms with Gasteiger partial charge < -0.3 is 31.6 Å². The quantitative estimate of drug-likeness (QED) is 0.0563. The molecule has 18 nitrogen and oxygen atoms in total. The molecule has 2 aromatic rings. The van der Waals surface area contributed by atoms with Crippen LogP contribution in [0.4, 0.5) is 9.59 Å². The second-order valence-electron chi connectivity index (χ2n) is 9.74. The van der Waals surface area contributed by atoms with E-state index in [4.69, 9.17) is 40.9 Å². The number of rotatable bonds is 15. The molecule has 2 aromatic carbocycles. The number of urea groups is 2. The minimum atomic E-state index is -3.67. The zero-order valence-corrected chi connectivity index (χ0v) is 28.5. The molecule has 0 aliphatic rings. The lowest BCUT2D eigenvalue weighted by molar-refractivity contribution is 0.213. The highest BCUT2D eigenvalue weighted by Crippen LogP contribution is 2.09. The molecule has 20 heteroatoms. The number of guanidine groups is 2. The van der Waals surface area contributed by atoms with E-state index in [0.29, 0.717) is 63.2 Å². The minimum absolute atomic E-state index is 0.277. The van der Waals surface area contributed by atoms with Gasteiger partial charge in [-0.2, -0.15) is 16.8 Å². The Bertz CT molecular complexity index is 1340. The van der Waals surface area contributed by atoms with E-state index in [9.17, 15) is 26.4 Å². The molecule has 0 radical (unpaired) electrons. The fourth-order valence-electron chi connectivity index (χ4n) is 3.43. The van der Waals surface area contributed by atoms with Crippen LogP contribution in [0.2, 0.25) is 0 Å². The fraction of sp³-hybridized carbons (Fsp3) is 0.429. The van der Waals surface area contributed by atoms with Gasteiger partial charge >= 0.3 is 12.1 Å². The molecule has 0 bridgehead atoms. The number of amides is 4. The van der Waals surface area contributed by atoms with Gasteiger partial charge in [-0.3, -0.25) is 29.7 Å². The summed E-state index contributed by atoms with van der Waals surface area (Å²) < 4.78 is 62.8. The number of carbonyl (C=O) groups is 2. The summed E-state index contributed by atoms with van der Waals surface area (Å²) in [5.41, 5.74) is 11.2. The third-order valence-corrected chi connectivity index (χ3v) is 5.37. The van der Waals surface area contributed by atoms with Gasteiger partial charge in [0.1, 0.15) is 24.7 Å². The summed E-state index contributed by atoms with van der Waals surface area (Å²) in [5.74, 6) is 0.760. The number of carbonyl (C=O) groups excluding carboxylic acids is 2. The molecule has 0 spiro atoms. The Hall–Kier alpha value is -4.66. The van der Waals surface area contributed by atoms with Crippen molar-refractivity contribution in [1.29, 1.82) is 10.8 Å². The summed E-state index contributed by atoms with van der Waals surface area (Å²) in [6.07, 6.45) is 4.16. The molecule has 10 N–H and O–H groups in total. The monoisotopic (exact) mass is 718 g/mol. The molecule has 0 aliphatic heterocycles. The van der Waals surface area contributed by atoms with E-state index in [2.05, 4.69) is 10.6 Å². The van der Waals surface area contributed by atoms with E-state index in [-0.39, 0.29) is 25.0 Å². The first-order valence-electron chi connectivity index (χ1n) is 14.4. The molecule has 48 heavy (non-hydrogen) atoms. The molecular formula is C28H46N8O10S2. The van der Waals surface area contributed by atoms with Crippen molar-refractivity contribution in [2.45, 2.75) is 25.7 Å². The first-order chi connectivity index (χ1) is 22.4. The Morgan fingerprint density at radius 3 is 1.23 bits per heavy atom. The number of unbranched alkanes of at least 4 members (excludes halogenated alkanes) is 3. The van der Waals surface area contributed by atoms with E-state index in [1.54, 1.807) is 0 Å². The normalized spacial score (nSPS) is 10.5. The summed E-state index contributed by atoms with van der Waals surface area (Å²) in [6.45, 7) is 1.72. The summed E-state index contributed by atoms with van der Waals surface area (Å²) >= 11 is 0. The van der Waals surface area contributed by atoms with Crippen LogP contribution in [0.1, 0.15) is 25.7 Å². The average molecular weight is 719 g/mol. The van der Waals surface area contributed by atoms with Gasteiger partial charge in [0.25, 0.3) is 20.2 Å². The van der Waals surface area contributed by atoms with E-state index >= 15 is 0 Å². The van der Waals surface area contributed by atoms with Crippen LogP contribution >= 0.6 is 0 Å². The molecular weight excluding hydrogens is 672 g/mol. The summed E-state index contributed by atoms with van der Waals surface area (Å²) in [7, 11) is -7.33. The lowest BCUT2D eigenvalue weighted by Crippen LogP contribution is -2.48. The number of nitrogens with two attached hydrogens (primary N) is 2. The third-order valence-electron chi connectivity index (χ3n) is 5.37. The Morgan fingerprint density at radius 1 is 0.667 bits per heavy atom. The summed E-state index contributed by atoms with van der Waals surface area (Å²) in [4.78, 5) is 27.1. The fourth-order valence-corrected chi connectivity index (χ4v) is 3.43. The van der Waals surface area contributed by atoms with Gasteiger partial charge in [-0.1, -0.05) is 49.2 Å². The van der Waals surface area contributed by atoms with Gasteiger partial charge in [0.05, 0.1) is 25.6 Å². The highest BCUT2D eigenvalue weighted by Gasteiger charge is 2.17. The second kappa shape index (κ2) is 23.6. The van der Waals surface area contributed by atoms with Crippen LogP contribution in [0.25, 0.3) is 0 Å². The topological polar surface area (TPSA) is 292 Å². The highest BCUT2D eigenvalue weighted by atomic mass is 32.2. The van der Waals surface area contributed by atoms with Crippen LogP contribution in [-0.2, 0) is 20.2 Å². The molecule has 0 saturated heterocycles. The zero-order chi connectivity index (χ0) is 36.6. The Balaban J connectivity index is 0.00000192. The van der Waals surface area contributed by atoms with E-state index in [0.717, 1.165) is 12.8 Å². The van der Waals surface area contributed by atoms with Crippen molar-refractivity contribution >= 4 is 44.2 Å². The Morgan fingerprint density at radius 2 is 0.958 bits per heavy atom. The Kier molecular flexibility index (Phi) is 21.3. The predicted octanol–water partition coefficient (Wildman–Crippen LogP) is 1.52. The molecule has 0 saturated carbocycles. The number of hydrogen-bond acceptors (Lipinski definition) is 10. The van der Waals surface area contributed by atoms with Crippen molar-refractivity contribution in [2.24, 2.45) is 11.5 Å². The van der Waals surface area contributed by atoms with Crippen molar-refractivity contribution in [3.63, 3.8) is 0 Å². The molecule has 0 aromatic heterocycles. The SMILES string of the molecule is CS(=O)(=O)O.CS(=O)(=O)O.N=C(N)N(CCCCCCN(C(=N)N)C(=O)NCCOc1ccccc1)C(=O)NCCOc1ccccc1. The van der Waals surface area contributed by atoms with Crippen LogP contribution in [-0.4, -0.2) is 112 Å². The number of benzene rings is 2. The van der Waals surface area contributed by atoms with Crippen LogP contribution in [0, 0.1) is 10.8 Å². The summed E-state index contributed by atoms with van der Waals surface area (Å²) in [6, 6.07) is 17.6. The number of hydrogen-bond donors (Lipinski definition) is 8. The second-order valence-corrected chi connectivity index (χ2v) is 12.7. The van der Waals surface area contributed by atoms with Gasteiger partial charge in [-0.05, 0) is 37.1 Å². The lowest BCUT2D eigenvalue weighted by atomic mass is 10.2. The van der Waals surface area contributed by atoms with Crippen LogP contribution in [0.15, 0.2) is 60.7 Å². The highest BCUT2D eigenvalue weighted by molar-refractivity contribution is 7.85. The van der Waals surface area contributed by atoms with Crippen molar-refractivity contribution in [1.82, 2.24) is 20.4 Å². The van der Waals surface area contributed by atoms with E-state index in [1.807, 2.05) is 60.7 Å². The van der Waals surface area contributed by atoms with Gasteiger partial charge in [-0.15, -0.1) is 0 Å². The number of ether oxygens (including phenoxy) is 2. The maximum Gasteiger partial charge on any atom is 0.324 e. The first kappa shape index (κ1) is 43.3. The number of para-hydroxylation sites is 2. The maximum atomic E-state index is 12.4. The lowest BCUT2D eigenvalue weighted by Gasteiger charge is -2.22. The molecule has 0 unspecified atom stereocenters. The van der Waals surface area contributed by atoms with Gasteiger partial charge in [0.2, 0.25) is 0 Å². The predicted molar refractivity (Wildman–Crippen MR) is 181 cm³/mol. The molecule has 0 fully saturated rings. The molecule has 0 heterocycles. The van der Waals surface area contributed by atoms with Gasteiger partial charge in [-0.25, -0.2) is 9.59 Å². The van der Waals surface area contributed by atoms with E-state index < -0.39 is 32.3 Å². The van der Waals surface area contributed by atoms with Gasteiger partial charge in [0.15, 0.2) is 11.9 Å². The standard InChI is InChI=1S/C26H38N8O4.2CH4O3S/c27-23(28)33(25(35)31-15-19-37-21-11-5-3-6-12-21)17-9-1-2-10-18-34(24(29)30)26(36)32-16-20-38-22-13-7-4-8-14-22;2*1-5(2,3)4/h3-8,11-14H,1-2,9-10,15-20H2,(H3,27,28)(H3,29,30)(H,31,35)(H,32,36);2*1H3,(H,2,3,4). The molecule has 4 amide bonds. The van der Waals surface area contributed by atoms with Gasteiger partial charge in [0, 0.05) is 13.1 Å². The number of nitrogens with one attached hydrogen (secondary N) is 4. The Labute approximate surface area is 281 Å². The van der Waals surface area contributed by atoms with Crippen molar-refractivity contribution in [3.8, 4) is 11.5 Å². The minimum Gasteiger partial charge on any atom is -0.492 e. The van der Waals surface area contributed by atoms with Crippen molar-refractivity contribution < 1.29 is 45.0 Å².